The quantitative estimate of drug-likeness (QED) is 0.619. The van der Waals surface area contributed by atoms with E-state index >= 15 is 0 Å². The second kappa shape index (κ2) is 6.87. The number of nitrogens with zero attached hydrogens (tertiary/aromatic N) is 2. The maximum absolute atomic E-state index is 5.71. The molecule has 2 heterocycles. The van der Waals surface area contributed by atoms with E-state index in [9.17, 15) is 0 Å². The predicted molar refractivity (Wildman–Crippen MR) is 88.1 cm³/mol. The first kappa shape index (κ1) is 14.3. The van der Waals surface area contributed by atoms with E-state index in [4.69, 9.17) is 4.74 Å². The summed E-state index contributed by atoms with van der Waals surface area (Å²) in [7, 11) is 0. The molecule has 3 rings (SSSR count). The van der Waals surface area contributed by atoms with Gasteiger partial charge in [-0.2, -0.15) is 0 Å². The van der Waals surface area contributed by atoms with Crippen LogP contribution in [0.15, 0.2) is 59.3 Å². The van der Waals surface area contributed by atoms with Crippen molar-refractivity contribution in [2.45, 2.75) is 19.6 Å². The number of ether oxygens (including phenoxy) is 1. The average Bonchev–Trinajstić information content (AvgIpc) is 2.90. The van der Waals surface area contributed by atoms with Crippen LogP contribution in [0.25, 0.3) is 11.0 Å². The Balaban J connectivity index is 1.48. The summed E-state index contributed by atoms with van der Waals surface area (Å²) in [6, 6.07) is 14.4. The summed E-state index contributed by atoms with van der Waals surface area (Å²) < 4.78 is 8.90. The molecule has 0 bridgehead atoms. The molecule has 0 fully saturated rings. The van der Waals surface area contributed by atoms with E-state index in [2.05, 4.69) is 55.9 Å². The van der Waals surface area contributed by atoms with E-state index in [0.29, 0.717) is 6.61 Å². The van der Waals surface area contributed by atoms with Gasteiger partial charge in [0.25, 0.3) is 0 Å². The van der Waals surface area contributed by atoms with Gasteiger partial charge in [-0.1, -0.05) is 30.3 Å². The molecular formula is C17H17BrN2O. The number of hydrogen-bond donors (Lipinski definition) is 0. The van der Waals surface area contributed by atoms with Gasteiger partial charge in [-0.15, -0.1) is 0 Å². The third-order valence-corrected chi connectivity index (χ3v) is 3.80. The highest BCUT2D eigenvalue weighted by Crippen LogP contribution is 2.18. The molecule has 0 aliphatic rings. The lowest BCUT2D eigenvalue weighted by Crippen LogP contribution is -2.02. The number of hydrogen-bond acceptors (Lipinski definition) is 2. The predicted octanol–water partition coefficient (Wildman–Crippen LogP) is 4.41. The Kier molecular flexibility index (Phi) is 4.68. The van der Waals surface area contributed by atoms with Crippen molar-refractivity contribution in [1.29, 1.82) is 0 Å². The second-order valence-corrected chi connectivity index (χ2v) is 5.88. The molecule has 0 aliphatic carbocycles. The van der Waals surface area contributed by atoms with Gasteiger partial charge in [0.05, 0.1) is 6.61 Å². The van der Waals surface area contributed by atoms with Gasteiger partial charge in [0.2, 0.25) is 0 Å². The standard InChI is InChI=1S/C17H17BrN2O/c18-16-11-15-7-9-20(17(15)19-12-16)8-4-10-21-13-14-5-2-1-3-6-14/h1-3,5-7,9,11-12H,4,8,10,13H2. The molecule has 0 atom stereocenters. The summed E-state index contributed by atoms with van der Waals surface area (Å²) in [5.41, 5.74) is 2.25. The van der Waals surface area contributed by atoms with Crippen LogP contribution in [0.4, 0.5) is 0 Å². The van der Waals surface area contributed by atoms with Crippen molar-refractivity contribution >= 4 is 27.0 Å². The highest BCUT2D eigenvalue weighted by molar-refractivity contribution is 9.10. The van der Waals surface area contributed by atoms with Crippen molar-refractivity contribution < 1.29 is 4.74 Å². The van der Waals surface area contributed by atoms with Gasteiger partial charge in [-0.3, -0.25) is 0 Å². The maximum atomic E-state index is 5.71. The molecule has 0 radical (unpaired) electrons. The van der Waals surface area contributed by atoms with Crippen LogP contribution in [-0.4, -0.2) is 16.2 Å². The number of pyridine rings is 1. The van der Waals surface area contributed by atoms with Crippen molar-refractivity contribution in [2.24, 2.45) is 0 Å². The van der Waals surface area contributed by atoms with Crippen LogP contribution in [0.2, 0.25) is 0 Å². The molecular weight excluding hydrogens is 328 g/mol. The molecule has 0 saturated heterocycles. The summed E-state index contributed by atoms with van der Waals surface area (Å²) in [5.74, 6) is 0. The molecule has 0 unspecified atom stereocenters. The van der Waals surface area contributed by atoms with Gasteiger partial charge in [-0.25, -0.2) is 4.98 Å². The third kappa shape index (κ3) is 3.71. The summed E-state index contributed by atoms with van der Waals surface area (Å²) in [5, 5.41) is 1.16. The van der Waals surface area contributed by atoms with Gasteiger partial charge >= 0.3 is 0 Å². The Bertz CT molecular complexity index is 709. The van der Waals surface area contributed by atoms with E-state index in [1.165, 1.54) is 5.56 Å². The van der Waals surface area contributed by atoms with E-state index in [1.54, 1.807) is 0 Å². The zero-order valence-corrected chi connectivity index (χ0v) is 13.3. The van der Waals surface area contributed by atoms with Gasteiger partial charge in [0.15, 0.2) is 0 Å². The van der Waals surface area contributed by atoms with Crippen LogP contribution < -0.4 is 0 Å². The Hall–Kier alpha value is -1.65. The summed E-state index contributed by atoms with van der Waals surface area (Å²) in [6.45, 7) is 2.36. The van der Waals surface area contributed by atoms with Crippen molar-refractivity contribution in [3.63, 3.8) is 0 Å². The fourth-order valence-corrected chi connectivity index (χ4v) is 2.68. The second-order valence-electron chi connectivity index (χ2n) is 4.97. The van der Waals surface area contributed by atoms with E-state index in [1.807, 2.05) is 24.4 Å². The van der Waals surface area contributed by atoms with E-state index < -0.39 is 0 Å². The molecule has 108 valence electrons. The highest BCUT2D eigenvalue weighted by atomic mass is 79.9. The van der Waals surface area contributed by atoms with Gasteiger partial charge in [-0.05, 0) is 40.0 Å². The van der Waals surface area contributed by atoms with Gasteiger partial charge in [0.1, 0.15) is 5.65 Å². The zero-order valence-electron chi connectivity index (χ0n) is 11.7. The summed E-state index contributed by atoms with van der Waals surface area (Å²) in [4.78, 5) is 4.46. The highest BCUT2D eigenvalue weighted by Gasteiger charge is 2.02. The molecule has 4 heteroatoms. The minimum Gasteiger partial charge on any atom is -0.377 e. The minimum atomic E-state index is 0.679. The van der Waals surface area contributed by atoms with Crippen LogP contribution in [0, 0.1) is 0 Å². The van der Waals surface area contributed by atoms with Crippen LogP contribution in [0.1, 0.15) is 12.0 Å². The van der Waals surface area contributed by atoms with Crippen molar-refractivity contribution in [1.82, 2.24) is 9.55 Å². The molecule has 2 aromatic heterocycles. The normalized spacial score (nSPS) is 11.1. The molecule has 0 saturated carbocycles. The SMILES string of the molecule is Brc1cnc2c(ccn2CCCOCc2ccccc2)c1. The summed E-state index contributed by atoms with van der Waals surface area (Å²) in [6.07, 6.45) is 4.90. The fraction of sp³-hybridized carbons (Fsp3) is 0.235. The number of rotatable bonds is 6. The molecule has 0 N–H and O–H groups in total. The number of aromatic nitrogens is 2. The molecule has 0 spiro atoms. The lowest BCUT2D eigenvalue weighted by atomic mass is 10.2. The Labute approximate surface area is 132 Å². The third-order valence-electron chi connectivity index (χ3n) is 3.37. The van der Waals surface area contributed by atoms with Gasteiger partial charge < -0.3 is 9.30 Å². The zero-order chi connectivity index (χ0) is 14.5. The topological polar surface area (TPSA) is 27.1 Å². The molecule has 0 amide bonds. The van der Waals surface area contributed by atoms with Crippen molar-refractivity contribution in [3.05, 3.63) is 64.9 Å². The Morgan fingerprint density at radius 2 is 2.00 bits per heavy atom. The van der Waals surface area contributed by atoms with Crippen LogP contribution in [0.3, 0.4) is 0 Å². The largest absolute Gasteiger partial charge is 0.377 e. The lowest BCUT2D eigenvalue weighted by molar-refractivity contribution is 0.116. The van der Waals surface area contributed by atoms with E-state index in [0.717, 1.165) is 35.1 Å². The maximum Gasteiger partial charge on any atom is 0.139 e. The first-order valence-electron chi connectivity index (χ1n) is 7.05. The number of halogens is 1. The molecule has 21 heavy (non-hydrogen) atoms. The first-order chi connectivity index (χ1) is 10.3. The number of aryl methyl sites for hydroxylation is 1. The Morgan fingerprint density at radius 3 is 2.86 bits per heavy atom. The number of fused-ring (bicyclic) bond motifs is 1. The smallest absolute Gasteiger partial charge is 0.139 e. The Morgan fingerprint density at radius 1 is 1.14 bits per heavy atom. The number of benzene rings is 1. The average molecular weight is 345 g/mol. The molecule has 3 nitrogen and oxygen atoms in total. The van der Waals surface area contributed by atoms with Crippen LogP contribution in [-0.2, 0) is 17.9 Å². The summed E-state index contributed by atoms with van der Waals surface area (Å²) >= 11 is 3.45. The lowest BCUT2D eigenvalue weighted by Gasteiger charge is -2.06. The van der Waals surface area contributed by atoms with Crippen molar-refractivity contribution in [3.8, 4) is 0 Å². The monoisotopic (exact) mass is 344 g/mol. The van der Waals surface area contributed by atoms with Crippen molar-refractivity contribution in [2.75, 3.05) is 6.61 Å². The first-order valence-corrected chi connectivity index (χ1v) is 7.84. The fourth-order valence-electron chi connectivity index (χ4n) is 2.33. The molecule has 3 aromatic rings. The van der Waals surface area contributed by atoms with Gasteiger partial charge in [0, 0.05) is 35.4 Å². The molecule has 0 aliphatic heterocycles. The van der Waals surface area contributed by atoms with Crippen LogP contribution >= 0.6 is 15.9 Å². The molecule has 1 aromatic carbocycles. The van der Waals surface area contributed by atoms with E-state index in [-0.39, 0.29) is 0 Å². The van der Waals surface area contributed by atoms with Crippen LogP contribution in [0.5, 0.6) is 0 Å². The minimum absolute atomic E-state index is 0.679.